The summed E-state index contributed by atoms with van der Waals surface area (Å²) in [6.07, 6.45) is 0. The average Bonchev–Trinajstić information content (AvgIpc) is 2.71. The monoisotopic (exact) mass is 288 g/mol. The quantitative estimate of drug-likeness (QED) is 0.925. The lowest BCUT2D eigenvalue weighted by Crippen LogP contribution is -2.34. The van der Waals surface area contributed by atoms with Crippen LogP contribution in [0.4, 0.5) is 10.1 Å². The first-order chi connectivity index (χ1) is 8.58. The number of halogens is 2. The van der Waals surface area contributed by atoms with Gasteiger partial charge in [0.15, 0.2) is 5.82 Å². The summed E-state index contributed by atoms with van der Waals surface area (Å²) >= 11 is 7.04. The minimum Gasteiger partial charge on any atom is -0.323 e. The van der Waals surface area contributed by atoms with E-state index in [0.717, 1.165) is 0 Å². The summed E-state index contributed by atoms with van der Waals surface area (Å²) in [6.45, 7) is -0.0716. The SMILES string of the molecule is O=C(CN1CSCC1=O)Nc1cccc(Cl)c1F. The lowest BCUT2D eigenvalue weighted by atomic mass is 10.3. The summed E-state index contributed by atoms with van der Waals surface area (Å²) in [7, 11) is 0. The van der Waals surface area contributed by atoms with Gasteiger partial charge in [-0.2, -0.15) is 0 Å². The summed E-state index contributed by atoms with van der Waals surface area (Å²) in [6, 6.07) is 4.35. The second kappa shape index (κ2) is 5.58. The van der Waals surface area contributed by atoms with Gasteiger partial charge in [-0.1, -0.05) is 17.7 Å². The van der Waals surface area contributed by atoms with Gasteiger partial charge in [0.1, 0.15) is 6.54 Å². The number of thioether (sulfide) groups is 1. The van der Waals surface area contributed by atoms with Crippen molar-refractivity contribution in [2.45, 2.75) is 0 Å². The Balaban J connectivity index is 1.99. The van der Waals surface area contributed by atoms with Gasteiger partial charge in [0.25, 0.3) is 0 Å². The van der Waals surface area contributed by atoms with Crippen molar-refractivity contribution < 1.29 is 14.0 Å². The van der Waals surface area contributed by atoms with Crippen LogP contribution < -0.4 is 5.32 Å². The number of anilines is 1. The van der Waals surface area contributed by atoms with Gasteiger partial charge in [-0.05, 0) is 12.1 Å². The molecule has 4 nitrogen and oxygen atoms in total. The van der Waals surface area contributed by atoms with Gasteiger partial charge in [0, 0.05) is 0 Å². The molecule has 7 heteroatoms. The fourth-order valence-electron chi connectivity index (χ4n) is 1.50. The zero-order valence-corrected chi connectivity index (χ0v) is 10.9. The fourth-order valence-corrected chi connectivity index (χ4v) is 2.58. The van der Waals surface area contributed by atoms with Crippen LogP contribution in [0.15, 0.2) is 18.2 Å². The molecular weight excluding hydrogens is 279 g/mol. The van der Waals surface area contributed by atoms with Gasteiger partial charge in [-0.3, -0.25) is 9.59 Å². The van der Waals surface area contributed by atoms with Crippen LogP contribution in [0.25, 0.3) is 0 Å². The second-order valence-corrected chi connectivity index (χ2v) is 5.08. The summed E-state index contributed by atoms with van der Waals surface area (Å²) in [5.74, 6) is -0.313. The molecule has 1 saturated heterocycles. The molecule has 0 aliphatic carbocycles. The molecule has 0 spiro atoms. The first-order valence-corrected chi connectivity index (χ1v) is 6.70. The summed E-state index contributed by atoms with van der Waals surface area (Å²) in [5.41, 5.74) is 0.0202. The molecule has 1 aromatic rings. The van der Waals surface area contributed by atoms with Crippen LogP contribution in [0.3, 0.4) is 0 Å². The second-order valence-electron chi connectivity index (χ2n) is 3.72. The Morgan fingerprint density at radius 2 is 2.33 bits per heavy atom. The maximum atomic E-state index is 13.5. The maximum absolute atomic E-state index is 13.5. The molecule has 0 unspecified atom stereocenters. The van der Waals surface area contributed by atoms with E-state index in [1.807, 2.05) is 0 Å². The van der Waals surface area contributed by atoms with E-state index in [4.69, 9.17) is 11.6 Å². The fraction of sp³-hybridized carbons (Fsp3) is 0.273. The Morgan fingerprint density at radius 1 is 1.56 bits per heavy atom. The number of carbonyl (C=O) groups is 2. The van der Waals surface area contributed by atoms with Crippen LogP contribution in [0.2, 0.25) is 5.02 Å². The molecule has 0 saturated carbocycles. The van der Waals surface area contributed by atoms with E-state index in [-0.39, 0.29) is 23.2 Å². The van der Waals surface area contributed by atoms with Crippen molar-refractivity contribution in [1.82, 2.24) is 4.90 Å². The summed E-state index contributed by atoms with van der Waals surface area (Å²) in [4.78, 5) is 24.4. The first-order valence-electron chi connectivity index (χ1n) is 5.17. The van der Waals surface area contributed by atoms with Crippen LogP contribution in [0.5, 0.6) is 0 Å². The number of carbonyl (C=O) groups excluding carboxylic acids is 2. The van der Waals surface area contributed by atoms with E-state index in [1.54, 1.807) is 0 Å². The van der Waals surface area contributed by atoms with Crippen molar-refractivity contribution in [3.63, 3.8) is 0 Å². The highest BCUT2D eigenvalue weighted by molar-refractivity contribution is 8.00. The van der Waals surface area contributed by atoms with Crippen molar-refractivity contribution in [3.05, 3.63) is 29.0 Å². The van der Waals surface area contributed by atoms with E-state index in [9.17, 15) is 14.0 Å². The average molecular weight is 289 g/mol. The lowest BCUT2D eigenvalue weighted by Gasteiger charge is -2.14. The van der Waals surface area contributed by atoms with Gasteiger partial charge in [0.2, 0.25) is 11.8 Å². The van der Waals surface area contributed by atoms with E-state index in [0.29, 0.717) is 11.6 Å². The van der Waals surface area contributed by atoms with Crippen LogP contribution >= 0.6 is 23.4 Å². The molecule has 1 aliphatic rings. The standard InChI is InChI=1S/C11H10ClFN2O2S/c12-7-2-1-3-8(11(7)13)14-9(16)4-15-6-18-5-10(15)17/h1-3H,4-6H2,(H,14,16). The Morgan fingerprint density at radius 3 is 3.00 bits per heavy atom. The third-order valence-electron chi connectivity index (χ3n) is 2.39. The van der Waals surface area contributed by atoms with Crippen molar-refractivity contribution in [2.24, 2.45) is 0 Å². The highest BCUT2D eigenvalue weighted by atomic mass is 35.5. The molecule has 0 bridgehead atoms. The summed E-state index contributed by atoms with van der Waals surface area (Å²) < 4.78 is 13.5. The number of nitrogens with one attached hydrogen (secondary N) is 1. The maximum Gasteiger partial charge on any atom is 0.244 e. The lowest BCUT2D eigenvalue weighted by molar-refractivity contribution is -0.130. The predicted molar refractivity (Wildman–Crippen MR) is 69.1 cm³/mol. The third-order valence-corrected chi connectivity index (χ3v) is 3.62. The van der Waals surface area contributed by atoms with Crippen LogP contribution in [-0.2, 0) is 9.59 Å². The van der Waals surface area contributed by atoms with E-state index in [1.165, 1.54) is 34.9 Å². The van der Waals surface area contributed by atoms with Gasteiger partial charge >= 0.3 is 0 Å². The smallest absolute Gasteiger partial charge is 0.244 e. The summed E-state index contributed by atoms with van der Waals surface area (Å²) in [5, 5.41) is 2.34. The zero-order chi connectivity index (χ0) is 13.1. The third kappa shape index (κ3) is 2.94. The van der Waals surface area contributed by atoms with Gasteiger partial charge in [-0.15, -0.1) is 11.8 Å². The molecule has 96 valence electrons. The Kier molecular flexibility index (Phi) is 4.08. The molecule has 1 fully saturated rings. The first kappa shape index (κ1) is 13.2. The molecular formula is C11H10ClFN2O2S. The normalized spacial score (nSPS) is 15.0. The highest BCUT2D eigenvalue weighted by Crippen LogP contribution is 2.22. The largest absolute Gasteiger partial charge is 0.323 e. The van der Waals surface area contributed by atoms with Crippen LogP contribution in [0, 0.1) is 5.82 Å². The molecule has 18 heavy (non-hydrogen) atoms. The predicted octanol–water partition coefficient (Wildman–Crippen LogP) is 1.95. The van der Waals surface area contributed by atoms with Crippen molar-refractivity contribution in [3.8, 4) is 0 Å². The minimum absolute atomic E-state index is 0.0202. The van der Waals surface area contributed by atoms with Gasteiger partial charge < -0.3 is 10.2 Å². The zero-order valence-electron chi connectivity index (χ0n) is 9.28. The molecule has 0 radical (unpaired) electrons. The highest BCUT2D eigenvalue weighted by Gasteiger charge is 2.23. The number of nitrogens with zero attached hydrogens (tertiary/aromatic N) is 1. The molecule has 1 N–H and O–H groups in total. The number of benzene rings is 1. The molecule has 0 aromatic heterocycles. The minimum atomic E-state index is -0.672. The molecule has 1 heterocycles. The van der Waals surface area contributed by atoms with E-state index >= 15 is 0 Å². The van der Waals surface area contributed by atoms with E-state index < -0.39 is 11.7 Å². The Labute approximate surface area is 112 Å². The molecule has 2 amide bonds. The van der Waals surface area contributed by atoms with Crippen LogP contribution in [0.1, 0.15) is 0 Å². The number of hydrogen-bond acceptors (Lipinski definition) is 3. The Bertz CT molecular complexity index is 498. The number of rotatable bonds is 3. The molecule has 0 atom stereocenters. The van der Waals surface area contributed by atoms with Gasteiger partial charge in [-0.25, -0.2) is 4.39 Å². The Hall–Kier alpha value is -1.27. The molecule has 1 aromatic carbocycles. The van der Waals surface area contributed by atoms with Crippen molar-refractivity contribution in [2.75, 3.05) is 23.5 Å². The van der Waals surface area contributed by atoms with Crippen LogP contribution in [-0.4, -0.2) is 34.9 Å². The number of amides is 2. The van der Waals surface area contributed by atoms with Crippen molar-refractivity contribution >= 4 is 40.9 Å². The topological polar surface area (TPSA) is 49.4 Å². The van der Waals surface area contributed by atoms with E-state index in [2.05, 4.69) is 5.32 Å². The van der Waals surface area contributed by atoms with Gasteiger partial charge in [0.05, 0.1) is 22.3 Å². The number of hydrogen-bond donors (Lipinski definition) is 1. The molecule has 1 aliphatic heterocycles. The molecule has 2 rings (SSSR count). The van der Waals surface area contributed by atoms with Crippen molar-refractivity contribution in [1.29, 1.82) is 0 Å².